The normalized spacial score (nSPS) is 11.4. The molecule has 0 atom stereocenters. The van der Waals surface area contributed by atoms with Crippen LogP contribution in [0.2, 0.25) is 0 Å². The largest absolute Gasteiger partial charge is 0.433 e. The predicted octanol–water partition coefficient (Wildman–Crippen LogP) is 3.12. The maximum atomic E-state index is 12.3. The fraction of sp³-hybridized carbons (Fsp3) is 0.182. The lowest BCUT2D eigenvalue weighted by molar-refractivity contribution is -0.141. The van der Waals surface area contributed by atoms with Gasteiger partial charge in [0.15, 0.2) is 5.13 Å². The van der Waals surface area contributed by atoms with E-state index in [1.54, 1.807) is 12.3 Å². The summed E-state index contributed by atoms with van der Waals surface area (Å²) in [5, 5.41) is 4.63. The van der Waals surface area contributed by atoms with Crippen LogP contribution < -0.4 is 5.32 Å². The number of amides is 1. The molecule has 0 fully saturated rings. The SMILES string of the molecule is Cc1csc(NC(=O)c2ccc(C(F)(F)F)nc2)n1. The third-order valence-electron chi connectivity index (χ3n) is 2.16. The number of halogens is 3. The van der Waals surface area contributed by atoms with Crippen molar-refractivity contribution in [2.75, 3.05) is 5.32 Å². The zero-order chi connectivity index (χ0) is 14.0. The highest BCUT2D eigenvalue weighted by atomic mass is 32.1. The third kappa shape index (κ3) is 3.28. The Morgan fingerprint density at radius 1 is 1.37 bits per heavy atom. The van der Waals surface area contributed by atoms with Crippen molar-refractivity contribution in [2.45, 2.75) is 13.1 Å². The van der Waals surface area contributed by atoms with E-state index >= 15 is 0 Å². The Morgan fingerprint density at radius 3 is 2.58 bits per heavy atom. The van der Waals surface area contributed by atoms with Gasteiger partial charge in [0.25, 0.3) is 5.91 Å². The van der Waals surface area contributed by atoms with E-state index in [1.807, 2.05) is 0 Å². The number of thiazole rings is 1. The van der Waals surface area contributed by atoms with Crippen LogP contribution in [-0.2, 0) is 6.18 Å². The van der Waals surface area contributed by atoms with Gasteiger partial charge < -0.3 is 0 Å². The van der Waals surface area contributed by atoms with Gasteiger partial charge in [-0.15, -0.1) is 11.3 Å². The molecule has 2 aromatic rings. The first-order chi connectivity index (χ1) is 8.86. The van der Waals surface area contributed by atoms with E-state index in [1.165, 1.54) is 11.3 Å². The molecule has 8 heteroatoms. The molecular formula is C11H8F3N3OS. The molecule has 2 aromatic heterocycles. The highest BCUT2D eigenvalue weighted by Crippen LogP contribution is 2.27. The summed E-state index contributed by atoms with van der Waals surface area (Å²) >= 11 is 1.24. The molecule has 2 rings (SSSR count). The number of rotatable bonds is 2. The summed E-state index contributed by atoms with van der Waals surface area (Å²) < 4.78 is 36.9. The van der Waals surface area contributed by atoms with Crippen molar-refractivity contribution in [3.05, 3.63) is 40.7 Å². The molecule has 0 spiro atoms. The van der Waals surface area contributed by atoms with Crippen LogP contribution in [0.3, 0.4) is 0 Å². The summed E-state index contributed by atoms with van der Waals surface area (Å²) in [6.07, 6.45) is -3.62. The highest BCUT2D eigenvalue weighted by molar-refractivity contribution is 7.13. The Balaban J connectivity index is 2.12. The van der Waals surface area contributed by atoms with Crippen molar-refractivity contribution in [3.63, 3.8) is 0 Å². The van der Waals surface area contributed by atoms with Crippen molar-refractivity contribution in [2.24, 2.45) is 0 Å². The van der Waals surface area contributed by atoms with Gasteiger partial charge in [-0.05, 0) is 19.1 Å². The molecule has 0 unspecified atom stereocenters. The lowest BCUT2D eigenvalue weighted by Crippen LogP contribution is -2.14. The Labute approximate surface area is 110 Å². The van der Waals surface area contributed by atoms with E-state index in [4.69, 9.17) is 0 Å². The fourth-order valence-corrected chi connectivity index (χ4v) is 1.96. The standard InChI is InChI=1S/C11H8F3N3OS/c1-6-5-19-10(16-6)17-9(18)7-2-3-8(15-4-7)11(12,13)14/h2-5H,1H3,(H,16,17,18). The number of alkyl halides is 3. The number of carbonyl (C=O) groups is 1. The summed E-state index contributed by atoms with van der Waals surface area (Å²) in [4.78, 5) is 19.0. The molecule has 1 amide bonds. The molecule has 0 saturated carbocycles. The number of nitrogens with one attached hydrogen (secondary N) is 1. The molecule has 0 saturated heterocycles. The Hall–Kier alpha value is -1.96. The van der Waals surface area contributed by atoms with E-state index in [2.05, 4.69) is 15.3 Å². The molecule has 2 heterocycles. The van der Waals surface area contributed by atoms with E-state index < -0.39 is 17.8 Å². The maximum Gasteiger partial charge on any atom is 0.433 e. The van der Waals surface area contributed by atoms with Gasteiger partial charge in [0.1, 0.15) is 5.69 Å². The molecule has 0 aliphatic rings. The van der Waals surface area contributed by atoms with E-state index in [9.17, 15) is 18.0 Å². The number of anilines is 1. The van der Waals surface area contributed by atoms with Crippen molar-refractivity contribution < 1.29 is 18.0 Å². The van der Waals surface area contributed by atoms with Gasteiger partial charge in [0.2, 0.25) is 0 Å². The number of aryl methyl sites for hydroxylation is 1. The van der Waals surface area contributed by atoms with Crippen LogP contribution in [0.5, 0.6) is 0 Å². The Bertz CT molecular complexity index is 592. The Kier molecular flexibility index (Phi) is 3.52. The number of carbonyl (C=O) groups excluding carboxylic acids is 1. The van der Waals surface area contributed by atoms with Gasteiger partial charge in [-0.1, -0.05) is 0 Å². The van der Waals surface area contributed by atoms with Crippen molar-refractivity contribution >= 4 is 22.4 Å². The summed E-state index contributed by atoms with van der Waals surface area (Å²) in [5.74, 6) is -0.546. The first-order valence-electron chi connectivity index (χ1n) is 5.13. The Morgan fingerprint density at radius 2 is 2.11 bits per heavy atom. The molecule has 4 nitrogen and oxygen atoms in total. The van der Waals surface area contributed by atoms with Gasteiger partial charge in [-0.2, -0.15) is 13.2 Å². The minimum atomic E-state index is -4.51. The smallest absolute Gasteiger partial charge is 0.298 e. The first-order valence-corrected chi connectivity index (χ1v) is 6.01. The van der Waals surface area contributed by atoms with Gasteiger partial charge in [-0.3, -0.25) is 15.1 Å². The quantitative estimate of drug-likeness (QED) is 0.923. The molecule has 0 radical (unpaired) electrons. The monoisotopic (exact) mass is 287 g/mol. The molecule has 1 N–H and O–H groups in total. The maximum absolute atomic E-state index is 12.3. The average molecular weight is 287 g/mol. The van der Waals surface area contributed by atoms with E-state index in [0.29, 0.717) is 5.13 Å². The second-order valence-electron chi connectivity index (χ2n) is 3.68. The first kappa shape index (κ1) is 13.5. The molecule has 0 aliphatic heterocycles. The summed E-state index contributed by atoms with van der Waals surface area (Å²) in [5.41, 5.74) is -0.235. The fourth-order valence-electron chi connectivity index (χ4n) is 1.28. The van der Waals surface area contributed by atoms with Crippen LogP contribution in [0.15, 0.2) is 23.7 Å². The number of nitrogens with zero attached hydrogens (tertiary/aromatic N) is 2. The van der Waals surface area contributed by atoms with Gasteiger partial charge in [-0.25, -0.2) is 4.98 Å². The van der Waals surface area contributed by atoms with Crippen LogP contribution in [0.4, 0.5) is 18.3 Å². The van der Waals surface area contributed by atoms with E-state index in [-0.39, 0.29) is 5.56 Å². The molecule has 100 valence electrons. The second-order valence-corrected chi connectivity index (χ2v) is 4.54. The van der Waals surface area contributed by atoms with Gasteiger partial charge in [0.05, 0.1) is 11.3 Å². The third-order valence-corrected chi connectivity index (χ3v) is 3.03. The minimum absolute atomic E-state index is 0.0425. The van der Waals surface area contributed by atoms with Crippen LogP contribution in [0.1, 0.15) is 21.7 Å². The number of hydrogen-bond acceptors (Lipinski definition) is 4. The minimum Gasteiger partial charge on any atom is -0.298 e. The van der Waals surface area contributed by atoms with Crippen LogP contribution in [-0.4, -0.2) is 15.9 Å². The average Bonchev–Trinajstić information content (AvgIpc) is 2.74. The van der Waals surface area contributed by atoms with Crippen molar-refractivity contribution in [1.82, 2.24) is 9.97 Å². The predicted molar refractivity (Wildman–Crippen MR) is 64.0 cm³/mol. The van der Waals surface area contributed by atoms with Gasteiger partial charge in [0, 0.05) is 11.6 Å². The molecule has 0 aliphatic carbocycles. The molecule has 19 heavy (non-hydrogen) atoms. The van der Waals surface area contributed by atoms with Gasteiger partial charge >= 0.3 is 6.18 Å². The summed E-state index contributed by atoms with van der Waals surface area (Å²) in [6, 6.07) is 1.84. The highest BCUT2D eigenvalue weighted by Gasteiger charge is 2.32. The molecule has 0 aromatic carbocycles. The van der Waals surface area contributed by atoms with Crippen molar-refractivity contribution in [1.29, 1.82) is 0 Å². The van der Waals surface area contributed by atoms with E-state index in [0.717, 1.165) is 24.0 Å². The number of pyridine rings is 1. The van der Waals surface area contributed by atoms with Crippen LogP contribution >= 0.6 is 11.3 Å². The van der Waals surface area contributed by atoms with Crippen molar-refractivity contribution in [3.8, 4) is 0 Å². The zero-order valence-electron chi connectivity index (χ0n) is 9.65. The number of aromatic nitrogens is 2. The number of hydrogen-bond donors (Lipinski definition) is 1. The topological polar surface area (TPSA) is 54.9 Å². The second kappa shape index (κ2) is 4.96. The van der Waals surface area contributed by atoms with Crippen LogP contribution in [0, 0.1) is 6.92 Å². The molecule has 0 bridgehead atoms. The summed E-state index contributed by atoms with van der Waals surface area (Å²) in [7, 11) is 0. The lowest BCUT2D eigenvalue weighted by Gasteiger charge is -2.06. The van der Waals surface area contributed by atoms with Crippen LogP contribution in [0.25, 0.3) is 0 Å². The molecular weight excluding hydrogens is 279 g/mol. The summed E-state index contributed by atoms with van der Waals surface area (Å²) in [6.45, 7) is 1.77. The zero-order valence-corrected chi connectivity index (χ0v) is 10.5. The lowest BCUT2D eigenvalue weighted by atomic mass is 10.2.